The zero-order valence-corrected chi connectivity index (χ0v) is 19.7. The van der Waals surface area contributed by atoms with E-state index in [0.29, 0.717) is 29.5 Å². The molecule has 0 spiro atoms. The number of hydrogen-bond acceptors (Lipinski definition) is 7. The van der Waals surface area contributed by atoms with Gasteiger partial charge in [-0.25, -0.2) is 0 Å². The van der Waals surface area contributed by atoms with Gasteiger partial charge in [-0.3, -0.25) is 4.79 Å². The average Bonchev–Trinajstić information content (AvgIpc) is 3.45. The van der Waals surface area contributed by atoms with Gasteiger partial charge < -0.3 is 23.9 Å². The summed E-state index contributed by atoms with van der Waals surface area (Å²) in [4.78, 5) is 16.2. The van der Waals surface area contributed by atoms with Crippen LogP contribution in [0.15, 0.2) is 101 Å². The van der Waals surface area contributed by atoms with Gasteiger partial charge in [0.05, 0.1) is 12.1 Å². The quantitative estimate of drug-likeness (QED) is 0.214. The fraction of sp³-hybridized carbons (Fsp3) is 0.179. The van der Waals surface area contributed by atoms with Crippen molar-refractivity contribution in [3.05, 3.63) is 114 Å². The molecule has 184 valence electrons. The number of benzene rings is 3. The molecule has 0 amide bonds. The molecule has 0 radical (unpaired) electrons. The van der Waals surface area contributed by atoms with Crippen molar-refractivity contribution >= 4 is 11.7 Å². The van der Waals surface area contributed by atoms with Crippen LogP contribution in [-0.4, -0.2) is 35.7 Å². The Hall–Kier alpha value is -4.59. The minimum Gasteiger partial charge on any atom is -0.489 e. The van der Waals surface area contributed by atoms with Crippen LogP contribution in [0.3, 0.4) is 0 Å². The van der Waals surface area contributed by atoms with Gasteiger partial charge in [-0.05, 0) is 35.4 Å². The van der Waals surface area contributed by atoms with E-state index in [1.54, 1.807) is 6.07 Å². The number of aliphatic carboxylic acids is 1. The third kappa shape index (κ3) is 6.73. The van der Waals surface area contributed by atoms with Crippen LogP contribution in [0, 0.1) is 0 Å². The minimum atomic E-state index is -0.905. The van der Waals surface area contributed by atoms with E-state index in [2.05, 4.69) is 10.3 Å². The second-order valence-corrected chi connectivity index (χ2v) is 7.95. The molecule has 8 nitrogen and oxygen atoms in total. The molecule has 1 N–H and O–H groups in total. The number of rotatable bonds is 12. The molecule has 8 heteroatoms. The maximum Gasteiger partial charge on any atom is 0.304 e. The number of nitrogens with zero attached hydrogens (tertiary/aromatic N) is 2. The van der Waals surface area contributed by atoms with Gasteiger partial charge in [-0.2, -0.15) is 0 Å². The van der Waals surface area contributed by atoms with E-state index in [1.165, 1.54) is 13.4 Å². The van der Waals surface area contributed by atoms with E-state index in [1.807, 2.05) is 78.9 Å². The zero-order valence-electron chi connectivity index (χ0n) is 19.7. The number of oxime groups is 1. The molecule has 4 aromatic rings. The molecular weight excluding hydrogens is 460 g/mol. The van der Waals surface area contributed by atoms with Crippen molar-refractivity contribution in [3.63, 3.8) is 0 Å². The van der Waals surface area contributed by atoms with Crippen molar-refractivity contribution in [2.24, 2.45) is 5.16 Å². The Morgan fingerprint density at radius 3 is 2.28 bits per heavy atom. The molecular formula is C28H26N2O6. The van der Waals surface area contributed by atoms with Crippen LogP contribution < -0.4 is 9.47 Å². The Labute approximate surface area is 208 Å². The first-order valence-electron chi connectivity index (χ1n) is 11.3. The average molecular weight is 487 g/mol. The molecule has 0 aliphatic heterocycles. The molecule has 4 rings (SSSR count). The summed E-state index contributed by atoms with van der Waals surface area (Å²) >= 11 is 0. The summed E-state index contributed by atoms with van der Waals surface area (Å²) in [5.41, 5.74) is 4.02. The molecule has 0 fully saturated rings. The first-order chi connectivity index (χ1) is 17.6. The fourth-order valence-electron chi connectivity index (χ4n) is 3.67. The minimum absolute atomic E-state index is 0.0781. The summed E-state index contributed by atoms with van der Waals surface area (Å²) in [6, 6.07) is 26.4. The van der Waals surface area contributed by atoms with Gasteiger partial charge in [0.25, 0.3) is 0 Å². The summed E-state index contributed by atoms with van der Waals surface area (Å²) in [7, 11) is 1.51. The lowest BCUT2D eigenvalue weighted by Crippen LogP contribution is -2.13. The van der Waals surface area contributed by atoms with Gasteiger partial charge in [0.2, 0.25) is 0 Å². The van der Waals surface area contributed by atoms with Crippen molar-refractivity contribution in [3.8, 4) is 11.5 Å². The molecule has 0 aliphatic rings. The number of carboxylic acids is 1. The van der Waals surface area contributed by atoms with Crippen LogP contribution >= 0.6 is 0 Å². The van der Waals surface area contributed by atoms with Crippen LogP contribution in [0.2, 0.25) is 0 Å². The second kappa shape index (κ2) is 12.2. The predicted octanol–water partition coefficient (Wildman–Crippen LogP) is 5.29. The lowest BCUT2D eigenvalue weighted by atomic mass is 9.92. The van der Waals surface area contributed by atoms with Gasteiger partial charge >= 0.3 is 5.97 Å². The van der Waals surface area contributed by atoms with E-state index in [4.69, 9.17) is 18.8 Å². The Kier molecular flexibility index (Phi) is 8.32. The van der Waals surface area contributed by atoms with Crippen LogP contribution in [0.25, 0.3) is 0 Å². The van der Waals surface area contributed by atoms with Crippen LogP contribution in [0.4, 0.5) is 0 Å². The third-order valence-electron chi connectivity index (χ3n) is 5.49. The van der Waals surface area contributed by atoms with Gasteiger partial charge in [-0.1, -0.05) is 64.9 Å². The lowest BCUT2D eigenvalue weighted by molar-refractivity contribution is -0.137. The number of carbonyl (C=O) groups is 1. The predicted molar refractivity (Wildman–Crippen MR) is 133 cm³/mol. The summed E-state index contributed by atoms with van der Waals surface area (Å²) in [5.74, 6) is 0.0916. The highest BCUT2D eigenvalue weighted by Crippen LogP contribution is 2.28. The van der Waals surface area contributed by atoms with Crippen molar-refractivity contribution in [1.82, 2.24) is 5.16 Å². The summed E-state index contributed by atoms with van der Waals surface area (Å²) in [6.45, 7) is 0.652. The van der Waals surface area contributed by atoms with Crippen LogP contribution in [-0.2, 0) is 16.2 Å². The largest absolute Gasteiger partial charge is 0.489 e. The summed E-state index contributed by atoms with van der Waals surface area (Å²) in [5, 5.41) is 17.2. The Morgan fingerprint density at radius 1 is 0.944 bits per heavy atom. The van der Waals surface area contributed by atoms with Gasteiger partial charge in [-0.15, -0.1) is 0 Å². The topological polar surface area (TPSA) is 103 Å². The van der Waals surface area contributed by atoms with Gasteiger partial charge in [0.1, 0.15) is 43.8 Å². The Balaban J connectivity index is 1.32. The molecule has 0 bridgehead atoms. The van der Waals surface area contributed by atoms with Crippen molar-refractivity contribution in [1.29, 1.82) is 0 Å². The zero-order chi connectivity index (χ0) is 25.2. The molecule has 1 aromatic heterocycles. The van der Waals surface area contributed by atoms with Crippen LogP contribution in [0.1, 0.15) is 34.7 Å². The summed E-state index contributed by atoms with van der Waals surface area (Å²) < 4.78 is 16.7. The lowest BCUT2D eigenvalue weighted by Gasteiger charge is -2.13. The molecule has 36 heavy (non-hydrogen) atoms. The standard InChI is InChI=1S/C28H26N2O6/c1-33-29-27(22-5-3-2-4-6-22)19-35-23-11-7-20(8-12-23)18-34-24-13-9-21(10-14-24)25(17-28(31)32)26-15-16-36-30-26/h2-16,25H,17-19H2,1H3,(H,31,32). The van der Waals surface area contributed by atoms with Crippen LogP contribution in [0.5, 0.6) is 11.5 Å². The molecule has 1 heterocycles. The maximum absolute atomic E-state index is 11.3. The highest BCUT2D eigenvalue weighted by Gasteiger charge is 2.20. The number of ether oxygens (including phenoxy) is 2. The van der Waals surface area contributed by atoms with E-state index in [9.17, 15) is 9.90 Å². The monoisotopic (exact) mass is 486 g/mol. The van der Waals surface area contributed by atoms with Crippen molar-refractivity contribution < 1.29 is 28.7 Å². The van der Waals surface area contributed by atoms with Gasteiger partial charge in [0, 0.05) is 17.5 Å². The van der Waals surface area contributed by atoms with Crippen molar-refractivity contribution in [2.45, 2.75) is 18.9 Å². The van der Waals surface area contributed by atoms with E-state index >= 15 is 0 Å². The Bertz CT molecular complexity index is 1250. The first-order valence-corrected chi connectivity index (χ1v) is 11.3. The van der Waals surface area contributed by atoms with E-state index in [0.717, 1.165) is 16.7 Å². The number of hydrogen-bond donors (Lipinski definition) is 1. The second-order valence-electron chi connectivity index (χ2n) is 7.95. The number of aromatic nitrogens is 1. The third-order valence-corrected chi connectivity index (χ3v) is 5.49. The highest BCUT2D eigenvalue weighted by atomic mass is 16.6. The highest BCUT2D eigenvalue weighted by molar-refractivity contribution is 6.01. The molecule has 1 unspecified atom stereocenters. The van der Waals surface area contributed by atoms with E-state index < -0.39 is 5.97 Å². The molecule has 0 aliphatic carbocycles. The van der Waals surface area contributed by atoms with Gasteiger partial charge in [0.15, 0.2) is 0 Å². The SMILES string of the molecule is CON=C(COc1ccc(COc2ccc(C(CC(=O)O)c3ccon3)cc2)cc1)c1ccccc1. The summed E-state index contributed by atoms with van der Waals surface area (Å²) in [6.07, 6.45) is 1.36. The Morgan fingerprint density at radius 2 is 1.64 bits per heavy atom. The molecule has 3 aromatic carbocycles. The fourth-order valence-corrected chi connectivity index (χ4v) is 3.67. The normalized spacial score (nSPS) is 12.1. The molecule has 0 saturated heterocycles. The first kappa shape index (κ1) is 24.5. The van der Waals surface area contributed by atoms with Crippen molar-refractivity contribution in [2.75, 3.05) is 13.7 Å². The molecule has 1 atom stereocenters. The van der Waals surface area contributed by atoms with E-state index in [-0.39, 0.29) is 18.9 Å². The smallest absolute Gasteiger partial charge is 0.304 e. The number of carboxylic acid groups (broad SMARTS) is 1. The maximum atomic E-state index is 11.3. The molecule has 0 saturated carbocycles.